The molecule has 2 rings (SSSR count). The Morgan fingerprint density at radius 2 is 2.20 bits per heavy atom. The van der Waals surface area contributed by atoms with Crippen molar-refractivity contribution in [3.8, 4) is 10.7 Å². The van der Waals surface area contributed by atoms with Gasteiger partial charge >= 0.3 is 5.97 Å². The van der Waals surface area contributed by atoms with Crippen molar-refractivity contribution < 1.29 is 9.90 Å². The van der Waals surface area contributed by atoms with E-state index in [9.17, 15) is 9.90 Å². The summed E-state index contributed by atoms with van der Waals surface area (Å²) < 4.78 is 0. The summed E-state index contributed by atoms with van der Waals surface area (Å²) in [7, 11) is 0. The molecule has 106 valence electrons. The van der Waals surface area contributed by atoms with Crippen molar-refractivity contribution in [3.63, 3.8) is 0 Å². The van der Waals surface area contributed by atoms with Gasteiger partial charge < -0.3 is 5.11 Å². The van der Waals surface area contributed by atoms with Gasteiger partial charge in [0.15, 0.2) is 0 Å². The third-order valence-electron chi connectivity index (χ3n) is 2.97. The normalized spacial score (nSPS) is 11.0. The number of hydrogen-bond acceptors (Lipinski definition) is 4. The number of aromatic nitrogens is 2. The number of aryl methyl sites for hydroxylation is 1. The Kier molecular flexibility index (Phi) is 4.49. The summed E-state index contributed by atoms with van der Waals surface area (Å²) in [5, 5.41) is 10.0. The van der Waals surface area contributed by atoms with Gasteiger partial charge in [-0.2, -0.15) is 0 Å². The number of nitrogens with zero attached hydrogens (tertiary/aromatic N) is 2. The number of thiazole rings is 1. The van der Waals surface area contributed by atoms with Crippen molar-refractivity contribution in [1.29, 1.82) is 0 Å². The molecule has 0 radical (unpaired) electrons. The molecule has 0 aliphatic heterocycles. The second-order valence-electron chi connectivity index (χ2n) is 5.06. The summed E-state index contributed by atoms with van der Waals surface area (Å²) in [5.41, 5.74) is 2.56. The summed E-state index contributed by atoms with van der Waals surface area (Å²) in [6.45, 7) is 6.17. The quantitative estimate of drug-likeness (QED) is 0.912. The van der Waals surface area contributed by atoms with E-state index in [2.05, 4.69) is 30.7 Å². The first-order valence-corrected chi connectivity index (χ1v) is 7.51. The zero-order valence-corrected chi connectivity index (χ0v) is 12.7. The molecule has 0 spiro atoms. The molecule has 5 heteroatoms. The van der Waals surface area contributed by atoms with Gasteiger partial charge in [0, 0.05) is 6.20 Å². The van der Waals surface area contributed by atoms with E-state index in [1.165, 1.54) is 11.3 Å². The fourth-order valence-electron chi connectivity index (χ4n) is 2.06. The highest BCUT2D eigenvalue weighted by Crippen LogP contribution is 2.30. The van der Waals surface area contributed by atoms with E-state index >= 15 is 0 Å². The number of rotatable bonds is 5. The van der Waals surface area contributed by atoms with Gasteiger partial charge in [0.25, 0.3) is 0 Å². The smallest absolute Gasteiger partial charge is 0.347 e. The Balaban J connectivity index is 2.50. The molecule has 0 aliphatic rings. The van der Waals surface area contributed by atoms with Crippen LogP contribution in [0.4, 0.5) is 0 Å². The molecular weight excluding hydrogens is 272 g/mol. The average Bonchev–Trinajstić information content (AvgIpc) is 2.81. The van der Waals surface area contributed by atoms with E-state index in [1.54, 1.807) is 6.20 Å². The average molecular weight is 290 g/mol. The van der Waals surface area contributed by atoms with Gasteiger partial charge in [-0.05, 0) is 30.4 Å². The van der Waals surface area contributed by atoms with Crippen LogP contribution < -0.4 is 0 Å². The maximum atomic E-state index is 11.4. The summed E-state index contributed by atoms with van der Waals surface area (Å²) >= 11 is 1.22. The number of carboxylic acids is 1. The minimum Gasteiger partial charge on any atom is -0.477 e. The number of aromatic carboxylic acids is 1. The lowest BCUT2D eigenvalue weighted by atomic mass is 10.1. The van der Waals surface area contributed by atoms with Crippen LogP contribution in [0.25, 0.3) is 10.7 Å². The lowest BCUT2D eigenvalue weighted by Gasteiger charge is -2.03. The van der Waals surface area contributed by atoms with Gasteiger partial charge in [-0.25, -0.2) is 9.78 Å². The van der Waals surface area contributed by atoms with Gasteiger partial charge in [0.1, 0.15) is 15.6 Å². The SMILES string of the molecule is CCc1cccnc1-c1nc(CC(C)C)c(C(=O)O)s1. The molecule has 4 nitrogen and oxygen atoms in total. The molecule has 1 N–H and O–H groups in total. The third kappa shape index (κ3) is 3.04. The van der Waals surface area contributed by atoms with Crippen LogP contribution in [0.2, 0.25) is 0 Å². The van der Waals surface area contributed by atoms with Crippen molar-refractivity contribution in [3.05, 3.63) is 34.5 Å². The van der Waals surface area contributed by atoms with Crippen molar-refractivity contribution in [1.82, 2.24) is 9.97 Å². The Bertz CT molecular complexity index is 620. The molecule has 2 heterocycles. The fourth-order valence-corrected chi connectivity index (χ4v) is 3.03. The Morgan fingerprint density at radius 1 is 1.45 bits per heavy atom. The molecule has 0 bridgehead atoms. The van der Waals surface area contributed by atoms with E-state index in [4.69, 9.17) is 0 Å². The summed E-state index contributed by atoms with van der Waals surface area (Å²) in [4.78, 5) is 20.6. The highest BCUT2D eigenvalue weighted by Gasteiger charge is 2.20. The van der Waals surface area contributed by atoms with Crippen LogP contribution in [0.3, 0.4) is 0 Å². The Labute approximate surface area is 122 Å². The predicted molar refractivity (Wildman–Crippen MR) is 80.2 cm³/mol. The molecule has 0 atom stereocenters. The molecule has 20 heavy (non-hydrogen) atoms. The van der Waals surface area contributed by atoms with Crippen LogP contribution in [-0.4, -0.2) is 21.0 Å². The van der Waals surface area contributed by atoms with Crippen LogP contribution in [0.1, 0.15) is 41.7 Å². The molecule has 0 saturated carbocycles. The van der Waals surface area contributed by atoms with E-state index in [0.717, 1.165) is 17.7 Å². The van der Waals surface area contributed by atoms with Gasteiger partial charge in [-0.1, -0.05) is 26.8 Å². The standard InChI is InChI=1S/C15H18N2O2S/c1-4-10-6-5-7-16-12(10)14-17-11(8-9(2)3)13(20-14)15(18)19/h5-7,9H,4,8H2,1-3H3,(H,18,19). The van der Waals surface area contributed by atoms with Crippen LogP contribution >= 0.6 is 11.3 Å². The number of hydrogen-bond donors (Lipinski definition) is 1. The van der Waals surface area contributed by atoms with Gasteiger partial charge in [-0.15, -0.1) is 11.3 Å². The maximum Gasteiger partial charge on any atom is 0.347 e. The van der Waals surface area contributed by atoms with Crippen LogP contribution in [0.15, 0.2) is 18.3 Å². The minimum atomic E-state index is -0.904. The first kappa shape index (κ1) is 14.7. The first-order valence-electron chi connectivity index (χ1n) is 6.70. The molecule has 2 aromatic heterocycles. The lowest BCUT2D eigenvalue weighted by molar-refractivity contribution is 0.0700. The first-order chi connectivity index (χ1) is 9.52. The van der Waals surface area contributed by atoms with Crippen molar-refractivity contribution in [2.75, 3.05) is 0 Å². The number of carbonyl (C=O) groups is 1. The summed E-state index contributed by atoms with van der Waals surface area (Å²) in [5.74, 6) is -0.532. The van der Waals surface area contributed by atoms with Gasteiger partial charge in [0.2, 0.25) is 0 Å². The molecule has 0 saturated heterocycles. The highest BCUT2D eigenvalue weighted by molar-refractivity contribution is 7.17. The van der Waals surface area contributed by atoms with E-state index in [-0.39, 0.29) is 0 Å². The summed E-state index contributed by atoms with van der Waals surface area (Å²) in [6.07, 6.45) is 3.25. The molecule has 0 amide bonds. The Morgan fingerprint density at radius 3 is 2.80 bits per heavy atom. The van der Waals surface area contributed by atoms with Crippen LogP contribution in [0.5, 0.6) is 0 Å². The third-order valence-corrected chi connectivity index (χ3v) is 4.06. The van der Waals surface area contributed by atoms with Gasteiger partial charge in [0.05, 0.1) is 5.69 Å². The van der Waals surface area contributed by atoms with Crippen molar-refractivity contribution >= 4 is 17.3 Å². The zero-order chi connectivity index (χ0) is 14.7. The van der Waals surface area contributed by atoms with E-state index < -0.39 is 5.97 Å². The fraction of sp³-hybridized carbons (Fsp3) is 0.400. The molecule has 2 aromatic rings. The monoisotopic (exact) mass is 290 g/mol. The van der Waals surface area contributed by atoms with E-state index in [0.29, 0.717) is 27.9 Å². The number of carboxylic acid groups (broad SMARTS) is 1. The largest absolute Gasteiger partial charge is 0.477 e. The van der Waals surface area contributed by atoms with Crippen LogP contribution in [-0.2, 0) is 12.8 Å². The second kappa shape index (κ2) is 6.13. The Hall–Kier alpha value is -1.75. The molecular formula is C15H18N2O2S. The highest BCUT2D eigenvalue weighted by atomic mass is 32.1. The zero-order valence-electron chi connectivity index (χ0n) is 11.9. The molecule has 0 fully saturated rings. The van der Waals surface area contributed by atoms with Crippen LogP contribution in [0, 0.1) is 5.92 Å². The lowest BCUT2D eigenvalue weighted by Crippen LogP contribution is -2.02. The molecule has 0 aliphatic carbocycles. The van der Waals surface area contributed by atoms with Gasteiger partial charge in [-0.3, -0.25) is 4.98 Å². The number of pyridine rings is 1. The van der Waals surface area contributed by atoms with E-state index in [1.807, 2.05) is 12.1 Å². The molecule has 0 aromatic carbocycles. The topological polar surface area (TPSA) is 63.1 Å². The van der Waals surface area contributed by atoms with Crippen molar-refractivity contribution in [2.24, 2.45) is 5.92 Å². The summed E-state index contributed by atoms with van der Waals surface area (Å²) in [6, 6.07) is 3.90. The minimum absolute atomic E-state index is 0.335. The predicted octanol–water partition coefficient (Wildman–Crippen LogP) is 3.66. The van der Waals surface area contributed by atoms with Crippen molar-refractivity contribution in [2.45, 2.75) is 33.6 Å². The maximum absolute atomic E-state index is 11.4. The second-order valence-corrected chi connectivity index (χ2v) is 6.06. The molecule has 0 unspecified atom stereocenters.